The van der Waals surface area contributed by atoms with Crippen molar-refractivity contribution >= 4 is 11.6 Å². The molecule has 16 heavy (non-hydrogen) atoms. The minimum Gasteiger partial charge on any atom is -0.475 e. The van der Waals surface area contributed by atoms with E-state index in [1.807, 2.05) is 12.1 Å². The molecule has 4 nitrogen and oxygen atoms in total. The van der Waals surface area contributed by atoms with Crippen LogP contribution in [0.1, 0.15) is 18.5 Å². The van der Waals surface area contributed by atoms with Crippen molar-refractivity contribution in [3.05, 3.63) is 17.8 Å². The lowest BCUT2D eigenvalue weighted by molar-refractivity contribution is 0.230. The Morgan fingerprint density at radius 3 is 2.69 bits per heavy atom. The minimum atomic E-state index is 0.390. The Labute approximate surface area is 101 Å². The van der Waals surface area contributed by atoms with Crippen LogP contribution in [0.15, 0.2) is 12.1 Å². The molecular formula is C11H16ClN3O. The highest BCUT2D eigenvalue weighted by molar-refractivity contribution is 6.16. The zero-order valence-electron chi connectivity index (χ0n) is 9.23. The number of rotatable bonds is 5. The van der Waals surface area contributed by atoms with E-state index in [-0.39, 0.29) is 0 Å². The first-order valence-corrected chi connectivity index (χ1v) is 6.15. The standard InChI is InChI=1S/C11H16ClN3O/c12-9-10-3-4-11(14-13-10)16-8-7-15-5-1-2-6-15/h3-4H,1-2,5-9H2. The van der Waals surface area contributed by atoms with E-state index in [0.717, 1.165) is 12.2 Å². The fourth-order valence-electron chi connectivity index (χ4n) is 1.78. The van der Waals surface area contributed by atoms with Crippen LogP contribution in [0.3, 0.4) is 0 Å². The number of hydrogen-bond donors (Lipinski definition) is 0. The molecule has 1 aliphatic heterocycles. The van der Waals surface area contributed by atoms with Gasteiger partial charge in [-0.05, 0) is 32.0 Å². The molecule has 5 heteroatoms. The van der Waals surface area contributed by atoms with Crippen LogP contribution in [-0.2, 0) is 5.88 Å². The summed E-state index contributed by atoms with van der Waals surface area (Å²) in [5.74, 6) is 0.967. The SMILES string of the molecule is ClCc1ccc(OCCN2CCCC2)nn1. The van der Waals surface area contributed by atoms with E-state index in [9.17, 15) is 0 Å². The maximum Gasteiger partial charge on any atom is 0.233 e. The molecule has 1 aromatic heterocycles. The Morgan fingerprint density at radius 2 is 2.06 bits per heavy atom. The molecular weight excluding hydrogens is 226 g/mol. The second-order valence-corrected chi connectivity index (χ2v) is 4.16. The summed E-state index contributed by atoms with van der Waals surface area (Å²) in [4.78, 5) is 2.40. The third kappa shape index (κ3) is 3.32. The highest BCUT2D eigenvalue weighted by Crippen LogP contribution is 2.08. The molecule has 0 bridgehead atoms. The molecule has 0 spiro atoms. The summed E-state index contributed by atoms with van der Waals surface area (Å²) in [5.41, 5.74) is 0.772. The fraction of sp³-hybridized carbons (Fsp3) is 0.636. The van der Waals surface area contributed by atoms with E-state index in [4.69, 9.17) is 16.3 Å². The quantitative estimate of drug-likeness (QED) is 0.736. The second-order valence-electron chi connectivity index (χ2n) is 3.89. The molecule has 1 aliphatic rings. The molecule has 0 atom stereocenters. The average Bonchev–Trinajstić information content (AvgIpc) is 2.83. The van der Waals surface area contributed by atoms with Gasteiger partial charge >= 0.3 is 0 Å². The molecule has 0 amide bonds. The van der Waals surface area contributed by atoms with Crippen molar-refractivity contribution in [2.75, 3.05) is 26.2 Å². The van der Waals surface area contributed by atoms with Crippen LogP contribution in [0, 0.1) is 0 Å². The number of halogens is 1. The molecule has 0 unspecified atom stereocenters. The topological polar surface area (TPSA) is 38.2 Å². The first kappa shape index (κ1) is 11.6. The highest BCUT2D eigenvalue weighted by Gasteiger charge is 2.10. The summed E-state index contributed by atoms with van der Waals surface area (Å²) >= 11 is 5.62. The van der Waals surface area contributed by atoms with Gasteiger partial charge in [-0.1, -0.05) is 0 Å². The lowest BCUT2D eigenvalue weighted by Crippen LogP contribution is -2.25. The van der Waals surface area contributed by atoms with Crippen molar-refractivity contribution < 1.29 is 4.74 Å². The fourth-order valence-corrected chi connectivity index (χ4v) is 1.92. The van der Waals surface area contributed by atoms with Gasteiger partial charge in [-0.2, -0.15) is 5.10 Å². The van der Waals surface area contributed by atoms with Gasteiger partial charge in [0.15, 0.2) is 0 Å². The molecule has 0 aliphatic carbocycles. The van der Waals surface area contributed by atoms with E-state index in [1.54, 1.807) is 0 Å². The van der Waals surface area contributed by atoms with Gasteiger partial charge in [-0.15, -0.1) is 16.7 Å². The lowest BCUT2D eigenvalue weighted by Gasteiger charge is -2.14. The maximum atomic E-state index is 5.62. The Hall–Kier alpha value is -0.870. The summed E-state index contributed by atoms with van der Waals surface area (Å²) in [6.07, 6.45) is 2.62. The van der Waals surface area contributed by atoms with Gasteiger partial charge in [-0.3, -0.25) is 4.90 Å². The number of aromatic nitrogens is 2. The smallest absolute Gasteiger partial charge is 0.233 e. The van der Waals surface area contributed by atoms with E-state index >= 15 is 0 Å². The molecule has 0 saturated carbocycles. The Morgan fingerprint density at radius 1 is 1.25 bits per heavy atom. The summed E-state index contributed by atoms with van der Waals surface area (Å²) in [7, 11) is 0. The number of likely N-dealkylation sites (tertiary alicyclic amines) is 1. The van der Waals surface area contributed by atoms with Crippen LogP contribution in [0.4, 0.5) is 0 Å². The van der Waals surface area contributed by atoms with Crippen molar-refractivity contribution in [2.24, 2.45) is 0 Å². The minimum absolute atomic E-state index is 0.390. The maximum absolute atomic E-state index is 5.62. The zero-order chi connectivity index (χ0) is 11.2. The zero-order valence-corrected chi connectivity index (χ0v) is 9.99. The lowest BCUT2D eigenvalue weighted by atomic mass is 10.4. The van der Waals surface area contributed by atoms with Crippen molar-refractivity contribution in [1.82, 2.24) is 15.1 Å². The van der Waals surface area contributed by atoms with E-state index < -0.39 is 0 Å². The van der Waals surface area contributed by atoms with Crippen molar-refractivity contribution in [3.63, 3.8) is 0 Å². The van der Waals surface area contributed by atoms with Gasteiger partial charge in [-0.25, -0.2) is 0 Å². The molecule has 1 saturated heterocycles. The summed E-state index contributed by atoms with van der Waals surface area (Å²) in [6.45, 7) is 4.04. The Bertz CT molecular complexity index is 312. The molecule has 0 aromatic carbocycles. The van der Waals surface area contributed by atoms with E-state index in [1.165, 1.54) is 25.9 Å². The predicted molar refractivity (Wildman–Crippen MR) is 62.8 cm³/mol. The van der Waals surface area contributed by atoms with Crippen LogP contribution in [0.2, 0.25) is 0 Å². The number of nitrogens with zero attached hydrogens (tertiary/aromatic N) is 3. The number of alkyl halides is 1. The van der Waals surface area contributed by atoms with Crippen LogP contribution >= 0.6 is 11.6 Å². The predicted octanol–water partition coefficient (Wildman–Crippen LogP) is 1.69. The first-order chi connectivity index (χ1) is 7.88. The number of hydrogen-bond acceptors (Lipinski definition) is 4. The van der Waals surface area contributed by atoms with Gasteiger partial charge in [0.25, 0.3) is 0 Å². The van der Waals surface area contributed by atoms with Crippen LogP contribution < -0.4 is 4.74 Å². The monoisotopic (exact) mass is 241 g/mol. The molecule has 2 rings (SSSR count). The van der Waals surface area contributed by atoms with E-state index in [0.29, 0.717) is 18.4 Å². The van der Waals surface area contributed by atoms with Gasteiger partial charge in [0.1, 0.15) is 6.61 Å². The summed E-state index contributed by atoms with van der Waals surface area (Å²) in [5, 5.41) is 7.87. The third-order valence-corrected chi connectivity index (χ3v) is 2.96. The Kier molecular flexibility index (Phi) is 4.36. The van der Waals surface area contributed by atoms with Crippen LogP contribution in [0.25, 0.3) is 0 Å². The Balaban J connectivity index is 1.71. The van der Waals surface area contributed by atoms with E-state index in [2.05, 4.69) is 15.1 Å². The molecule has 2 heterocycles. The largest absolute Gasteiger partial charge is 0.475 e. The normalized spacial score (nSPS) is 16.6. The molecule has 88 valence electrons. The van der Waals surface area contributed by atoms with Crippen molar-refractivity contribution in [3.8, 4) is 5.88 Å². The highest BCUT2D eigenvalue weighted by atomic mass is 35.5. The van der Waals surface area contributed by atoms with Crippen molar-refractivity contribution in [2.45, 2.75) is 18.7 Å². The third-order valence-electron chi connectivity index (χ3n) is 2.69. The molecule has 1 aromatic rings. The molecule has 0 N–H and O–H groups in total. The average molecular weight is 242 g/mol. The van der Waals surface area contributed by atoms with Crippen LogP contribution in [-0.4, -0.2) is 41.3 Å². The molecule has 1 fully saturated rings. The van der Waals surface area contributed by atoms with Crippen molar-refractivity contribution in [1.29, 1.82) is 0 Å². The van der Waals surface area contributed by atoms with Gasteiger partial charge in [0, 0.05) is 12.6 Å². The van der Waals surface area contributed by atoms with Crippen LogP contribution in [0.5, 0.6) is 5.88 Å². The summed E-state index contributed by atoms with van der Waals surface area (Å²) in [6, 6.07) is 3.65. The van der Waals surface area contributed by atoms with Gasteiger partial charge in [0.05, 0.1) is 11.6 Å². The van der Waals surface area contributed by atoms with Gasteiger partial charge < -0.3 is 4.74 Å². The number of ether oxygens (including phenoxy) is 1. The van der Waals surface area contributed by atoms with Gasteiger partial charge in [0.2, 0.25) is 5.88 Å². The molecule has 0 radical (unpaired) electrons. The first-order valence-electron chi connectivity index (χ1n) is 5.62. The second kappa shape index (κ2) is 6.01. The summed E-state index contributed by atoms with van der Waals surface area (Å²) < 4.78 is 5.51.